The molecule has 0 saturated heterocycles. The molecule has 8 rings (SSSR count). The first-order valence-electron chi connectivity index (χ1n) is 16.0. The fraction of sp³-hybridized carbons (Fsp3) is 0.227. The largest absolute Gasteiger partial charge is 1.00 e. The van der Waals surface area contributed by atoms with E-state index in [1.807, 2.05) is 48.6 Å². The number of ether oxygens (including phenoxy) is 2. The van der Waals surface area contributed by atoms with Crippen molar-refractivity contribution in [1.82, 2.24) is 0 Å². The fourth-order valence-electron chi connectivity index (χ4n) is 5.15. The second-order valence-corrected chi connectivity index (χ2v) is 16.4. The third kappa shape index (κ3) is 15.0. The van der Waals surface area contributed by atoms with Crippen molar-refractivity contribution in [2.24, 2.45) is 0 Å². The van der Waals surface area contributed by atoms with Gasteiger partial charge in [-0.2, -0.15) is 36.4 Å². The Hall–Kier alpha value is -2.47. The summed E-state index contributed by atoms with van der Waals surface area (Å²) in [5.41, 5.74) is 10.3. The number of methoxy groups -OCH3 is 2. The van der Waals surface area contributed by atoms with Gasteiger partial charge in [-0.1, -0.05) is 70.8 Å². The molecule has 0 radical (unpaired) electrons. The van der Waals surface area contributed by atoms with Gasteiger partial charge in [-0.05, 0) is 24.0 Å². The number of benzene rings is 4. The van der Waals surface area contributed by atoms with E-state index in [0.717, 1.165) is 37.2 Å². The fourth-order valence-corrected chi connectivity index (χ4v) is 5.15. The van der Waals surface area contributed by atoms with Crippen LogP contribution >= 0.6 is 0 Å². The molecule has 6 heteroatoms. The van der Waals surface area contributed by atoms with E-state index >= 15 is 0 Å². The van der Waals surface area contributed by atoms with Crippen molar-refractivity contribution in [1.29, 1.82) is 0 Å². The Morgan fingerprint density at radius 2 is 0.940 bits per heavy atom. The molecule has 0 aliphatic heterocycles. The molecule has 0 amide bonds. The molecule has 0 unspecified atom stereocenters. The molecule has 0 atom stereocenters. The van der Waals surface area contributed by atoms with Crippen LogP contribution in [-0.2, 0) is 61.3 Å². The van der Waals surface area contributed by atoms with Crippen LogP contribution in [0.5, 0.6) is 11.5 Å². The van der Waals surface area contributed by atoms with E-state index in [1.54, 1.807) is 62.7 Å². The summed E-state index contributed by atoms with van der Waals surface area (Å²) in [6, 6.07) is 31.3. The summed E-state index contributed by atoms with van der Waals surface area (Å²) in [5, 5.41) is 0. The van der Waals surface area contributed by atoms with Crippen molar-refractivity contribution in [3.63, 3.8) is 0 Å². The summed E-state index contributed by atoms with van der Waals surface area (Å²) >= 11 is 3.11. The molecule has 0 saturated carbocycles. The zero-order valence-corrected chi connectivity index (χ0v) is 36.2. The maximum absolute atomic E-state index is 5.39. The normalized spacial score (nSPS) is 11.9. The molecule has 50 heavy (non-hydrogen) atoms. The monoisotopic (exact) mass is 854 g/mol. The van der Waals surface area contributed by atoms with Crippen LogP contribution in [0.15, 0.2) is 109 Å². The molecule has 0 fully saturated rings. The van der Waals surface area contributed by atoms with Gasteiger partial charge in [0.05, 0.1) is 14.2 Å². The van der Waals surface area contributed by atoms with Crippen molar-refractivity contribution in [3.8, 4) is 33.8 Å². The van der Waals surface area contributed by atoms with Gasteiger partial charge in [0, 0.05) is 11.5 Å². The van der Waals surface area contributed by atoms with E-state index in [2.05, 4.69) is 113 Å². The van der Waals surface area contributed by atoms with Crippen LogP contribution in [0.1, 0.15) is 62.8 Å². The Morgan fingerprint density at radius 3 is 1.22 bits per heavy atom. The number of halogens is 2. The second kappa shape index (κ2) is 25.5. The summed E-state index contributed by atoms with van der Waals surface area (Å²) in [6.45, 7) is 8.49. The molecule has 4 aliphatic rings. The SMILES string of the molecule is COc1cc[c-]c2c1-c1ccccc1C2.COc1cc[c-]c2c1-c1ccccc1C2.C[C](C)=[Zr+2].C[C](C)=[Zr+2].[C-]1=CC=CC1.[C-]1=CC=CC1.[Cl-].[Cl-]. The van der Waals surface area contributed by atoms with E-state index in [4.69, 9.17) is 9.47 Å². The predicted molar refractivity (Wildman–Crippen MR) is 196 cm³/mol. The Balaban J connectivity index is 0.000000331. The molecule has 0 spiro atoms. The van der Waals surface area contributed by atoms with E-state index in [0.29, 0.717) is 0 Å². The minimum atomic E-state index is 0. The molecule has 0 bridgehead atoms. The van der Waals surface area contributed by atoms with Crippen LogP contribution in [0.2, 0.25) is 0 Å². The van der Waals surface area contributed by atoms with Gasteiger partial charge in [-0.3, -0.25) is 12.2 Å². The summed E-state index contributed by atoms with van der Waals surface area (Å²) in [7, 11) is 3.44. The predicted octanol–water partition coefficient (Wildman–Crippen LogP) is 4.24. The van der Waals surface area contributed by atoms with Crippen LogP contribution in [-0.4, -0.2) is 20.6 Å². The third-order valence-electron chi connectivity index (χ3n) is 7.00. The molecule has 0 aromatic heterocycles. The molecule has 256 valence electrons. The van der Waals surface area contributed by atoms with Crippen LogP contribution in [0, 0.1) is 24.3 Å². The third-order valence-corrected chi connectivity index (χ3v) is 7.00. The van der Waals surface area contributed by atoms with Gasteiger partial charge >= 0.3 is 82.6 Å². The number of hydrogen-bond acceptors (Lipinski definition) is 2. The van der Waals surface area contributed by atoms with E-state index in [1.165, 1.54) is 50.9 Å². The second-order valence-electron chi connectivity index (χ2n) is 11.5. The van der Waals surface area contributed by atoms with Crippen molar-refractivity contribution in [3.05, 3.63) is 156 Å². The van der Waals surface area contributed by atoms with E-state index < -0.39 is 0 Å². The average molecular weight is 858 g/mol. The van der Waals surface area contributed by atoms with Gasteiger partial charge in [-0.15, -0.1) is 36.1 Å². The van der Waals surface area contributed by atoms with Crippen LogP contribution in [0.25, 0.3) is 22.3 Å². The van der Waals surface area contributed by atoms with Crippen LogP contribution < -0.4 is 34.3 Å². The summed E-state index contributed by atoms with van der Waals surface area (Å²) in [4.78, 5) is 0. The smallest absolute Gasteiger partial charge is 0.109 e. The maximum Gasteiger partial charge on any atom is -0.109 e. The summed E-state index contributed by atoms with van der Waals surface area (Å²) in [5.74, 6) is 1.90. The number of fused-ring (bicyclic) bond motifs is 6. The molecular formula is C44H44Cl2O2Zr2-2. The molecule has 4 aromatic carbocycles. The van der Waals surface area contributed by atoms with Crippen LogP contribution in [0.3, 0.4) is 0 Å². The van der Waals surface area contributed by atoms with Gasteiger partial charge < -0.3 is 34.3 Å². The summed E-state index contributed by atoms with van der Waals surface area (Å²) in [6.07, 6.45) is 21.9. The van der Waals surface area contributed by atoms with Gasteiger partial charge in [0.2, 0.25) is 0 Å². The average Bonchev–Trinajstić information content (AvgIpc) is 3.92. The zero-order chi connectivity index (χ0) is 34.7. The number of allylic oxidation sites excluding steroid dienone is 8. The molecule has 0 heterocycles. The van der Waals surface area contributed by atoms with Gasteiger partial charge in [0.25, 0.3) is 0 Å². The Morgan fingerprint density at radius 1 is 0.580 bits per heavy atom. The Labute approximate surface area is 343 Å². The molecule has 4 aromatic rings. The van der Waals surface area contributed by atoms with Crippen molar-refractivity contribution >= 4 is 6.41 Å². The van der Waals surface area contributed by atoms with Crippen molar-refractivity contribution < 1.29 is 82.8 Å². The molecule has 4 aliphatic carbocycles. The first kappa shape index (κ1) is 45.5. The van der Waals surface area contributed by atoms with Gasteiger partial charge in [0.1, 0.15) is 0 Å². The number of rotatable bonds is 2. The maximum atomic E-state index is 5.39. The van der Waals surface area contributed by atoms with Crippen LogP contribution in [0.4, 0.5) is 0 Å². The number of hydrogen-bond donors (Lipinski definition) is 0. The Bertz CT molecular complexity index is 1630. The molecule has 2 nitrogen and oxygen atoms in total. The minimum Gasteiger partial charge on any atom is -1.00 e. The quantitative estimate of drug-likeness (QED) is 0.243. The summed E-state index contributed by atoms with van der Waals surface area (Å²) < 4.78 is 13.8. The minimum absolute atomic E-state index is 0. The zero-order valence-electron chi connectivity index (χ0n) is 29.8. The standard InChI is InChI=1S/2C14H11O.2C5H5.2C3H6.2ClH.2Zr/c2*1-15-13-8-4-6-11-9-10-5-2-3-7-12(10)14(11)13;2*1-2-4-5-3-1;2*1-3-2;;;;/h2*2-5,7-8H,9H2,1H3;2*1-3H,4H2;2*1-2H3;2*1H;;/q4*-1;;;;;2*+2/p-2. The van der Waals surface area contributed by atoms with E-state index in [-0.39, 0.29) is 24.8 Å². The van der Waals surface area contributed by atoms with Crippen molar-refractivity contribution in [2.45, 2.75) is 53.4 Å². The first-order chi connectivity index (χ1) is 23.3. The Kier molecular flexibility index (Phi) is 23.2. The van der Waals surface area contributed by atoms with Gasteiger partial charge in [0.15, 0.2) is 0 Å². The van der Waals surface area contributed by atoms with Gasteiger partial charge in [-0.25, -0.2) is 24.3 Å². The van der Waals surface area contributed by atoms with E-state index in [9.17, 15) is 0 Å². The topological polar surface area (TPSA) is 18.5 Å². The molecule has 0 N–H and O–H groups in total. The first-order valence-corrected chi connectivity index (χ1v) is 18.5. The van der Waals surface area contributed by atoms with Crippen molar-refractivity contribution in [2.75, 3.05) is 14.2 Å². The molecular weight excluding hydrogens is 814 g/mol.